The first-order valence-corrected chi connectivity index (χ1v) is 10.9. The van der Waals surface area contributed by atoms with Crippen molar-refractivity contribution in [3.63, 3.8) is 0 Å². The van der Waals surface area contributed by atoms with Crippen molar-refractivity contribution >= 4 is 29.9 Å². The van der Waals surface area contributed by atoms with Gasteiger partial charge >= 0.3 is 0 Å². The van der Waals surface area contributed by atoms with Crippen molar-refractivity contribution in [1.29, 1.82) is 0 Å². The topological polar surface area (TPSA) is 76.4 Å². The van der Waals surface area contributed by atoms with E-state index in [1.54, 1.807) is 6.33 Å². The van der Waals surface area contributed by atoms with Crippen LogP contribution in [0.25, 0.3) is 0 Å². The molecule has 8 heteroatoms. The highest BCUT2D eigenvalue weighted by Crippen LogP contribution is 2.13. The Balaban J connectivity index is 0.00000363. The van der Waals surface area contributed by atoms with Gasteiger partial charge < -0.3 is 19.9 Å². The van der Waals surface area contributed by atoms with Gasteiger partial charge in [-0.2, -0.15) is 0 Å². The third-order valence-electron chi connectivity index (χ3n) is 4.90. The monoisotopic (exact) mass is 548 g/mol. The minimum absolute atomic E-state index is 0. The standard InChI is InChI=1S/C24H32N6O.HI/c1-3-23-29-28-19-30(23)15-14-26-24(25-4-2)27-16-21-12-8-9-13-22(21)18-31-17-20-10-6-5-7-11-20;/h5-13,19H,3-4,14-18H2,1-2H3,(H2,25,26,27);1H. The lowest BCUT2D eigenvalue weighted by Gasteiger charge is -2.13. The first-order valence-electron chi connectivity index (χ1n) is 10.9. The van der Waals surface area contributed by atoms with Gasteiger partial charge in [-0.1, -0.05) is 61.5 Å². The van der Waals surface area contributed by atoms with Crippen molar-refractivity contribution in [2.75, 3.05) is 13.1 Å². The summed E-state index contributed by atoms with van der Waals surface area (Å²) in [4.78, 5) is 4.77. The Morgan fingerprint density at radius 3 is 2.47 bits per heavy atom. The molecule has 1 aromatic heterocycles. The van der Waals surface area contributed by atoms with Crippen LogP contribution in [-0.2, 0) is 37.5 Å². The second-order valence-corrected chi connectivity index (χ2v) is 7.16. The van der Waals surface area contributed by atoms with Crippen molar-refractivity contribution in [3.8, 4) is 0 Å². The Morgan fingerprint density at radius 2 is 1.72 bits per heavy atom. The van der Waals surface area contributed by atoms with E-state index in [1.165, 1.54) is 11.1 Å². The molecular formula is C24H33IN6O. The van der Waals surface area contributed by atoms with E-state index in [9.17, 15) is 0 Å². The highest BCUT2D eigenvalue weighted by atomic mass is 127. The first kappa shape index (κ1) is 25.8. The zero-order valence-electron chi connectivity index (χ0n) is 18.8. The zero-order chi connectivity index (χ0) is 21.7. The summed E-state index contributed by atoms with van der Waals surface area (Å²) < 4.78 is 8.00. The Morgan fingerprint density at radius 1 is 0.969 bits per heavy atom. The lowest BCUT2D eigenvalue weighted by atomic mass is 10.1. The number of aromatic nitrogens is 3. The second kappa shape index (κ2) is 14.6. The van der Waals surface area contributed by atoms with Crippen LogP contribution in [0.1, 0.15) is 36.4 Å². The van der Waals surface area contributed by atoms with Gasteiger partial charge in [0.2, 0.25) is 0 Å². The largest absolute Gasteiger partial charge is 0.372 e. The molecule has 0 bridgehead atoms. The van der Waals surface area contributed by atoms with Gasteiger partial charge in [0.15, 0.2) is 5.96 Å². The van der Waals surface area contributed by atoms with Crippen molar-refractivity contribution < 1.29 is 4.74 Å². The number of nitrogens with zero attached hydrogens (tertiary/aromatic N) is 4. The zero-order valence-corrected chi connectivity index (χ0v) is 21.2. The van der Waals surface area contributed by atoms with E-state index in [2.05, 4.69) is 63.5 Å². The van der Waals surface area contributed by atoms with E-state index in [-0.39, 0.29) is 24.0 Å². The van der Waals surface area contributed by atoms with Gasteiger partial charge in [-0.05, 0) is 23.6 Å². The molecule has 0 radical (unpaired) electrons. The molecule has 0 spiro atoms. The Kier molecular flexibility index (Phi) is 11.7. The fourth-order valence-electron chi connectivity index (χ4n) is 3.25. The first-order chi connectivity index (χ1) is 15.3. The van der Waals surface area contributed by atoms with Crippen molar-refractivity contribution in [3.05, 3.63) is 83.4 Å². The minimum Gasteiger partial charge on any atom is -0.372 e. The van der Waals surface area contributed by atoms with Gasteiger partial charge in [-0.25, -0.2) is 4.99 Å². The van der Waals surface area contributed by atoms with Gasteiger partial charge in [0.1, 0.15) is 12.2 Å². The minimum atomic E-state index is 0. The number of nitrogens with one attached hydrogen (secondary N) is 2. The maximum atomic E-state index is 5.93. The quantitative estimate of drug-likeness (QED) is 0.216. The van der Waals surface area contributed by atoms with Crippen molar-refractivity contribution in [2.24, 2.45) is 4.99 Å². The SMILES string of the molecule is CCNC(=NCc1ccccc1COCc1ccccc1)NCCn1cnnc1CC.I. The van der Waals surface area contributed by atoms with Gasteiger partial charge in [0, 0.05) is 26.1 Å². The average molecular weight is 548 g/mol. The molecule has 172 valence electrons. The number of hydrogen-bond acceptors (Lipinski definition) is 4. The molecule has 2 aromatic carbocycles. The third kappa shape index (κ3) is 8.23. The van der Waals surface area contributed by atoms with E-state index in [0.717, 1.165) is 43.4 Å². The predicted octanol–water partition coefficient (Wildman–Crippen LogP) is 3.93. The molecule has 3 aromatic rings. The van der Waals surface area contributed by atoms with Gasteiger partial charge in [-0.3, -0.25) is 0 Å². The average Bonchev–Trinajstić information content (AvgIpc) is 3.26. The second-order valence-electron chi connectivity index (χ2n) is 7.16. The van der Waals surface area contributed by atoms with Crippen LogP contribution in [0.2, 0.25) is 0 Å². The van der Waals surface area contributed by atoms with E-state index in [1.807, 2.05) is 30.3 Å². The molecule has 7 nitrogen and oxygen atoms in total. The summed E-state index contributed by atoms with van der Waals surface area (Å²) in [5.41, 5.74) is 3.51. The van der Waals surface area contributed by atoms with E-state index >= 15 is 0 Å². The predicted molar refractivity (Wildman–Crippen MR) is 139 cm³/mol. The number of rotatable bonds is 11. The number of aliphatic imine (C=N–C) groups is 1. The number of halogens is 1. The fraction of sp³-hybridized carbons (Fsp3) is 0.375. The summed E-state index contributed by atoms with van der Waals surface area (Å²) in [5.74, 6) is 1.79. The molecule has 0 saturated heterocycles. The fourth-order valence-corrected chi connectivity index (χ4v) is 3.25. The smallest absolute Gasteiger partial charge is 0.191 e. The molecule has 0 aliphatic carbocycles. The lowest BCUT2D eigenvalue weighted by molar-refractivity contribution is 0.106. The molecule has 3 rings (SSSR count). The summed E-state index contributed by atoms with van der Waals surface area (Å²) >= 11 is 0. The molecule has 0 saturated carbocycles. The van der Waals surface area contributed by atoms with Crippen molar-refractivity contribution in [2.45, 2.75) is 46.6 Å². The number of benzene rings is 2. The lowest BCUT2D eigenvalue weighted by Crippen LogP contribution is -2.39. The van der Waals surface area contributed by atoms with Gasteiger partial charge in [-0.15, -0.1) is 34.2 Å². The highest BCUT2D eigenvalue weighted by molar-refractivity contribution is 14.0. The Labute approximate surface area is 207 Å². The van der Waals surface area contributed by atoms with Crippen LogP contribution in [0.5, 0.6) is 0 Å². The van der Waals surface area contributed by atoms with Crippen LogP contribution in [0, 0.1) is 0 Å². The van der Waals surface area contributed by atoms with Crippen LogP contribution in [0.15, 0.2) is 65.9 Å². The molecule has 0 atom stereocenters. The van der Waals surface area contributed by atoms with Crippen molar-refractivity contribution in [1.82, 2.24) is 25.4 Å². The van der Waals surface area contributed by atoms with E-state index in [4.69, 9.17) is 9.73 Å². The summed E-state index contributed by atoms with van der Waals surface area (Å²) in [6.07, 6.45) is 2.65. The molecule has 0 amide bonds. The number of ether oxygens (including phenoxy) is 1. The Hall–Kier alpha value is -2.46. The number of guanidine groups is 1. The summed E-state index contributed by atoms with van der Waals surface area (Å²) in [5, 5.41) is 14.8. The summed E-state index contributed by atoms with van der Waals surface area (Å²) in [6, 6.07) is 18.5. The van der Waals surface area contributed by atoms with Crippen LogP contribution in [-0.4, -0.2) is 33.8 Å². The molecule has 0 aliphatic heterocycles. The molecular weight excluding hydrogens is 515 g/mol. The number of hydrogen-bond donors (Lipinski definition) is 2. The normalized spacial score (nSPS) is 11.1. The van der Waals surface area contributed by atoms with Gasteiger partial charge in [0.05, 0.1) is 19.8 Å². The summed E-state index contributed by atoms with van der Waals surface area (Å²) in [6.45, 7) is 8.26. The van der Waals surface area contributed by atoms with Crippen LogP contribution < -0.4 is 10.6 Å². The molecule has 0 aliphatic rings. The van der Waals surface area contributed by atoms with Crippen LogP contribution in [0.4, 0.5) is 0 Å². The maximum Gasteiger partial charge on any atom is 0.191 e. The van der Waals surface area contributed by atoms with E-state index in [0.29, 0.717) is 19.8 Å². The molecule has 2 N–H and O–H groups in total. The van der Waals surface area contributed by atoms with Gasteiger partial charge in [0.25, 0.3) is 0 Å². The van der Waals surface area contributed by atoms with Crippen LogP contribution in [0.3, 0.4) is 0 Å². The highest BCUT2D eigenvalue weighted by Gasteiger charge is 2.05. The Bertz CT molecular complexity index is 944. The molecule has 32 heavy (non-hydrogen) atoms. The van der Waals surface area contributed by atoms with E-state index < -0.39 is 0 Å². The summed E-state index contributed by atoms with van der Waals surface area (Å²) in [7, 11) is 0. The molecule has 0 unspecified atom stereocenters. The third-order valence-corrected chi connectivity index (χ3v) is 4.90. The van der Waals surface area contributed by atoms with Crippen LogP contribution >= 0.6 is 24.0 Å². The molecule has 1 heterocycles. The maximum absolute atomic E-state index is 5.93. The molecule has 0 fully saturated rings. The number of aryl methyl sites for hydroxylation is 1.